The zero-order valence-corrected chi connectivity index (χ0v) is 37.1. The van der Waals surface area contributed by atoms with Gasteiger partial charge in [-0.1, -0.05) is 219 Å². The average molecular weight is 812 g/mol. The lowest BCUT2D eigenvalue weighted by Gasteiger charge is -2.40. The summed E-state index contributed by atoms with van der Waals surface area (Å²) < 4.78 is 11.2. The van der Waals surface area contributed by atoms with Crippen molar-refractivity contribution in [2.24, 2.45) is 0 Å². The molecule has 0 aliphatic carbocycles. The van der Waals surface area contributed by atoms with Crippen LogP contribution in [-0.2, 0) is 14.3 Å². The first-order valence-electron chi connectivity index (χ1n) is 24.4. The summed E-state index contributed by atoms with van der Waals surface area (Å²) in [6.07, 6.45) is 38.2. The van der Waals surface area contributed by atoms with Gasteiger partial charge in [0.05, 0.1) is 25.4 Å². The van der Waals surface area contributed by atoms with Gasteiger partial charge < -0.3 is 40.3 Å². The third-order valence-corrected chi connectivity index (χ3v) is 11.9. The van der Waals surface area contributed by atoms with E-state index in [-0.39, 0.29) is 12.5 Å². The molecular formula is C48H93NO8. The number of amides is 1. The van der Waals surface area contributed by atoms with E-state index in [2.05, 4.69) is 19.2 Å². The molecular weight excluding hydrogens is 719 g/mol. The number of nitrogens with one attached hydrogen (secondary N) is 1. The van der Waals surface area contributed by atoms with Crippen LogP contribution in [0.3, 0.4) is 0 Å². The van der Waals surface area contributed by atoms with Crippen LogP contribution in [0.1, 0.15) is 232 Å². The summed E-state index contributed by atoms with van der Waals surface area (Å²) in [5.74, 6) is -0.173. The lowest BCUT2D eigenvalue weighted by Crippen LogP contribution is -2.60. The molecule has 338 valence electrons. The van der Waals surface area contributed by atoms with Crippen molar-refractivity contribution in [1.82, 2.24) is 5.32 Å². The molecule has 0 aromatic carbocycles. The standard InChI is InChI=1S/C48H93NO8/c1-3-5-7-9-11-13-15-17-19-20-21-22-24-26-28-30-32-34-36-38-44(52)49-41(40-56-48-47(55)46(54)45(53)43(39-50)57-48)42(51)37-35-33-31-29-27-25-23-18-16-14-12-10-8-6-4-2/h35,37,41-43,45-48,50-51,53-55H,3-34,36,38-40H2,1-2H3,(H,49,52)/b37-35+/t41-,42+,43-,45-,46?,47?,48-/m0/s1. The second-order valence-electron chi connectivity index (χ2n) is 17.3. The first kappa shape index (κ1) is 53.9. The van der Waals surface area contributed by atoms with Crippen LogP contribution < -0.4 is 5.32 Å². The first-order valence-corrected chi connectivity index (χ1v) is 24.4. The van der Waals surface area contributed by atoms with E-state index in [9.17, 15) is 30.3 Å². The molecule has 1 aliphatic heterocycles. The summed E-state index contributed by atoms with van der Waals surface area (Å²) in [5, 5.41) is 54.2. The molecule has 1 aliphatic rings. The summed E-state index contributed by atoms with van der Waals surface area (Å²) in [6, 6.07) is -0.798. The molecule has 6 N–H and O–H groups in total. The smallest absolute Gasteiger partial charge is 0.220 e. The minimum atomic E-state index is -1.56. The van der Waals surface area contributed by atoms with E-state index in [0.717, 1.165) is 38.5 Å². The van der Waals surface area contributed by atoms with Gasteiger partial charge in [-0.2, -0.15) is 0 Å². The Morgan fingerprint density at radius 3 is 1.37 bits per heavy atom. The number of hydrogen-bond donors (Lipinski definition) is 6. The molecule has 9 heteroatoms. The molecule has 0 spiro atoms. The van der Waals surface area contributed by atoms with Crippen molar-refractivity contribution in [3.05, 3.63) is 12.2 Å². The minimum Gasteiger partial charge on any atom is -0.394 e. The Morgan fingerprint density at radius 1 is 0.579 bits per heavy atom. The maximum absolute atomic E-state index is 13.0. The van der Waals surface area contributed by atoms with E-state index in [4.69, 9.17) is 9.47 Å². The molecule has 1 heterocycles. The minimum absolute atomic E-state index is 0.173. The van der Waals surface area contributed by atoms with Gasteiger partial charge in [-0.05, 0) is 19.3 Å². The molecule has 0 aromatic heterocycles. The number of allylic oxidation sites excluding steroid dienone is 1. The van der Waals surface area contributed by atoms with Crippen LogP contribution in [0.15, 0.2) is 12.2 Å². The Labute approximate surface area is 350 Å². The van der Waals surface area contributed by atoms with E-state index >= 15 is 0 Å². The third kappa shape index (κ3) is 29.7. The highest BCUT2D eigenvalue weighted by Crippen LogP contribution is 2.23. The van der Waals surface area contributed by atoms with Crippen LogP contribution in [-0.4, -0.2) is 87.5 Å². The van der Waals surface area contributed by atoms with Crippen molar-refractivity contribution in [3.63, 3.8) is 0 Å². The fourth-order valence-corrected chi connectivity index (χ4v) is 7.92. The fraction of sp³-hybridized carbons (Fsp3) is 0.938. The van der Waals surface area contributed by atoms with E-state index < -0.39 is 49.5 Å². The average Bonchev–Trinajstić information content (AvgIpc) is 3.21. The number of aliphatic hydroxyl groups is 5. The zero-order chi connectivity index (χ0) is 41.6. The molecule has 2 unspecified atom stereocenters. The molecule has 1 saturated heterocycles. The molecule has 0 bridgehead atoms. The first-order chi connectivity index (χ1) is 27.8. The van der Waals surface area contributed by atoms with Crippen molar-refractivity contribution in [2.75, 3.05) is 13.2 Å². The summed E-state index contributed by atoms with van der Waals surface area (Å²) in [4.78, 5) is 13.0. The normalized spacial score (nSPS) is 21.0. The van der Waals surface area contributed by atoms with Crippen molar-refractivity contribution < 1.29 is 39.8 Å². The van der Waals surface area contributed by atoms with E-state index in [1.807, 2.05) is 6.08 Å². The van der Waals surface area contributed by atoms with Crippen molar-refractivity contribution >= 4 is 5.91 Å². The quantitative estimate of drug-likeness (QED) is 0.0264. The predicted molar refractivity (Wildman–Crippen MR) is 235 cm³/mol. The summed E-state index contributed by atoms with van der Waals surface area (Å²) in [5.41, 5.74) is 0. The summed E-state index contributed by atoms with van der Waals surface area (Å²) in [7, 11) is 0. The van der Waals surface area contributed by atoms with Crippen molar-refractivity contribution in [1.29, 1.82) is 0 Å². The number of ether oxygens (including phenoxy) is 2. The molecule has 1 rings (SSSR count). The van der Waals surface area contributed by atoms with Gasteiger partial charge in [-0.25, -0.2) is 0 Å². The number of carbonyl (C=O) groups excluding carboxylic acids is 1. The molecule has 1 amide bonds. The van der Waals surface area contributed by atoms with Crippen LogP contribution in [0.2, 0.25) is 0 Å². The maximum Gasteiger partial charge on any atom is 0.220 e. The van der Waals surface area contributed by atoms with Crippen LogP contribution in [0.25, 0.3) is 0 Å². The second kappa shape index (κ2) is 39.1. The highest BCUT2D eigenvalue weighted by Gasteiger charge is 2.44. The highest BCUT2D eigenvalue weighted by molar-refractivity contribution is 5.76. The molecule has 7 atom stereocenters. The monoisotopic (exact) mass is 812 g/mol. The molecule has 57 heavy (non-hydrogen) atoms. The fourth-order valence-electron chi connectivity index (χ4n) is 7.92. The van der Waals surface area contributed by atoms with Crippen molar-refractivity contribution in [2.45, 2.75) is 275 Å². The molecule has 0 radical (unpaired) electrons. The number of rotatable bonds is 41. The molecule has 9 nitrogen and oxygen atoms in total. The number of hydrogen-bond acceptors (Lipinski definition) is 8. The van der Waals surface area contributed by atoms with Gasteiger partial charge in [0.25, 0.3) is 0 Å². The van der Waals surface area contributed by atoms with Gasteiger partial charge >= 0.3 is 0 Å². The maximum atomic E-state index is 13.0. The number of carbonyl (C=O) groups is 1. The third-order valence-electron chi connectivity index (χ3n) is 11.9. The Kier molecular flexibility index (Phi) is 37.0. The van der Waals surface area contributed by atoms with Gasteiger partial charge in [-0.3, -0.25) is 4.79 Å². The van der Waals surface area contributed by atoms with E-state index in [0.29, 0.717) is 6.42 Å². The zero-order valence-electron chi connectivity index (χ0n) is 37.1. The van der Waals surface area contributed by atoms with Crippen LogP contribution in [0, 0.1) is 0 Å². The van der Waals surface area contributed by atoms with Gasteiger partial charge in [-0.15, -0.1) is 0 Å². The van der Waals surface area contributed by atoms with Crippen LogP contribution in [0.4, 0.5) is 0 Å². The van der Waals surface area contributed by atoms with Gasteiger partial charge in [0, 0.05) is 6.42 Å². The van der Waals surface area contributed by atoms with Crippen molar-refractivity contribution in [3.8, 4) is 0 Å². The Hall–Kier alpha value is -1.07. The van der Waals surface area contributed by atoms with Crippen LogP contribution >= 0.6 is 0 Å². The van der Waals surface area contributed by atoms with E-state index in [1.54, 1.807) is 6.08 Å². The number of unbranched alkanes of at least 4 members (excludes halogenated alkanes) is 31. The van der Waals surface area contributed by atoms with Gasteiger partial charge in [0.1, 0.15) is 24.4 Å². The summed E-state index contributed by atoms with van der Waals surface area (Å²) >= 11 is 0. The van der Waals surface area contributed by atoms with E-state index in [1.165, 1.54) is 173 Å². The predicted octanol–water partition coefficient (Wildman–Crippen LogP) is 10.5. The Balaban J connectivity index is 2.31. The summed E-state index contributed by atoms with van der Waals surface area (Å²) in [6.45, 7) is 3.79. The molecule has 1 fully saturated rings. The Morgan fingerprint density at radius 2 is 0.965 bits per heavy atom. The van der Waals surface area contributed by atoms with Gasteiger partial charge in [0.15, 0.2) is 6.29 Å². The van der Waals surface area contributed by atoms with Crippen LogP contribution in [0.5, 0.6) is 0 Å². The highest BCUT2D eigenvalue weighted by atomic mass is 16.7. The topological polar surface area (TPSA) is 149 Å². The Bertz CT molecular complexity index is 904. The lowest BCUT2D eigenvalue weighted by molar-refractivity contribution is -0.302. The van der Waals surface area contributed by atoms with Gasteiger partial charge in [0.2, 0.25) is 5.91 Å². The SMILES string of the molecule is CCCCCCCCCCCCCCC/C=C/[C@@H](O)[C@H](CO[C@H]1O[C@@H](CO)[C@H](O)C(O)C1O)NC(=O)CCCCCCCCCCCCCCCCCCCCC. The largest absolute Gasteiger partial charge is 0.394 e. The molecule has 0 saturated carbocycles. The number of aliphatic hydroxyl groups excluding tert-OH is 5. The second-order valence-corrected chi connectivity index (χ2v) is 17.3. The molecule has 0 aromatic rings. The lowest BCUT2D eigenvalue weighted by atomic mass is 9.99.